The van der Waals surface area contributed by atoms with Crippen LogP contribution < -0.4 is 5.32 Å². The molecule has 2 heterocycles. The summed E-state index contributed by atoms with van der Waals surface area (Å²) in [6, 6.07) is 0. The molecular formula is C16H26N2O2. The second-order valence-corrected chi connectivity index (χ2v) is 7.16. The summed E-state index contributed by atoms with van der Waals surface area (Å²) in [7, 11) is 0. The summed E-state index contributed by atoms with van der Waals surface area (Å²) in [6.45, 7) is 1.69. The Bertz CT molecular complexity index is 382. The largest absolute Gasteiger partial charge is 0.376 e. The van der Waals surface area contributed by atoms with E-state index in [1.165, 1.54) is 38.5 Å². The topological polar surface area (TPSA) is 41.6 Å². The average molecular weight is 278 g/mol. The van der Waals surface area contributed by atoms with Crippen LogP contribution in [-0.2, 0) is 9.53 Å². The van der Waals surface area contributed by atoms with Gasteiger partial charge in [0.05, 0.1) is 17.8 Å². The number of rotatable bonds is 3. The van der Waals surface area contributed by atoms with E-state index in [4.69, 9.17) is 4.74 Å². The van der Waals surface area contributed by atoms with E-state index in [0.29, 0.717) is 11.8 Å². The molecule has 4 aliphatic rings. The van der Waals surface area contributed by atoms with E-state index in [1.807, 2.05) is 0 Å². The van der Waals surface area contributed by atoms with Crippen molar-refractivity contribution in [3.8, 4) is 0 Å². The van der Waals surface area contributed by atoms with Gasteiger partial charge in [0.2, 0.25) is 5.91 Å². The highest BCUT2D eigenvalue weighted by Crippen LogP contribution is 2.45. The molecule has 4 fully saturated rings. The molecule has 0 aromatic heterocycles. The number of amides is 1. The van der Waals surface area contributed by atoms with Crippen molar-refractivity contribution in [3.63, 3.8) is 0 Å². The molecule has 2 unspecified atom stereocenters. The minimum absolute atomic E-state index is 0.165. The van der Waals surface area contributed by atoms with Gasteiger partial charge in [0.15, 0.2) is 0 Å². The van der Waals surface area contributed by atoms with E-state index in [9.17, 15) is 4.79 Å². The molecule has 2 atom stereocenters. The first kappa shape index (κ1) is 13.1. The highest BCUT2D eigenvalue weighted by molar-refractivity contribution is 5.91. The Morgan fingerprint density at radius 2 is 1.90 bits per heavy atom. The van der Waals surface area contributed by atoms with Crippen molar-refractivity contribution in [2.75, 3.05) is 13.2 Å². The number of hydrogen-bond donors (Lipinski definition) is 1. The zero-order valence-electron chi connectivity index (χ0n) is 12.3. The van der Waals surface area contributed by atoms with E-state index < -0.39 is 0 Å². The molecule has 4 nitrogen and oxygen atoms in total. The summed E-state index contributed by atoms with van der Waals surface area (Å²) in [6.07, 6.45) is 11.4. The minimum Gasteiger partial charge on any atom is -0.376 e. The van der Waals surface area contributed by atoms with Crippen LogP contribution in [0, 0.1) is 5.92 Å². The summed E-state index contributed by atoms with van der Waals surface area (Å²) < 4.78 is 5.87. The molecule has 2 saturated heterocycles. The molecule has 0 aromatic carbocycles. The Morgan fingerprint density at radius 1 is 1.15 bits per heavy atom. The van der Waals surface area contributed by atoms with Crippen molar-refractivity contribution < 1.29 is 9.53 Å². The predicted molar refractivity (Wildman–Crippen MR) is 76.2 cm³/mol. The van der Waals surface area contributed by atoms with Gasteiger partial charge < -0.3 is 9.64 Å². The van der Waals surface area contributed by atoms with E-state index in [1.54, 1.807) is 0 Å². The molecule has 1 amide bonds. The Balaban J connectivity index is 1.49. The number of hydrogen-bond acceptors (Lipinski definition) is 3. The maximum atomic E-state index is 12.7. The molecule has 1 N–H and O–H groups in total. The fraction of sp³-hybridized carbons (Fsp3) is 0.938. The molecule has 1 spiro atoms. The standard InChI is InChI=1S/C16H26N2O2/c19-15-16(8-9-16)17-14(12-5-1-2-6-12)18(15)11-13-7-3-4-10-20-13/h12-14,17H,1-11H2. The third-order valence-corrected chi connectivity index (χ3v) is 5.70. The number of ether oxygens (including phenoxy) is 1. The van der Waals surface area contributed by atoms with Gasteiger partial charge in [-0.05, 0) is 50.9 Å². The van der Waals surface area contributed by atoms with Gasteiger partial charge in [-0.15, -0.1) is 0 Å². The van der Waals surface area contributed by atoms with Crippen LogP contribution in [0.5, 0.6) is 0 Å². The SMILES string of the molecule is O=C1N(CC2CCCCO2)C(C2CCCC2)NC12CC2. The maximum absolute atomic E-state index is 12.7. The summed E-state index contributed by atoms with van der Waals surface area (Å²) in [5.41, 5.74) is -0.165. The van der Waals surface area contributed by atoms with Gasteiger partial charge in [-0.25, -0.2) is 0 Å². The van der Waals surface area contributed by atoms with Crippen molar-refractivity contribution in [1.29, 1.82) is 0 Å². The first-order valence-electron chi connectivity index (χ1n) is 8.49. The van der Waals surface area contributed by atoms with E-state index in [0.717, 1.165) is 32.4 Å². The number of nitrogens with zero attached hydrogens (tertiary/aromatic N) is 1. The maximum Gasteiger partial charge on any atom is 0.244 e. The Labute approximate surface area is 121 Å². The first-order valence-corrected chi connectivity index (χ1v) is 8.49. The number of carbonyl (C=O) groups excluding carboxylic acids is 1. The van der Waals surface area contributed by atoms with Crippen LogP contribution in [0.2, 0.25) is 0 Å². The summed E-state index contributed by atoms with van der Waals surface area (Å²) in [5.74, 6) is 1.03. The molecule has 4 rings (SSSR count). The van der Waals surface area contributed by atoms with Crippen LogP contribution in [0.1, 0.15) is 57.8 Å². The lowest BCUT2D eigenvalue weighted by Crippen LogP contribution is -2.46. The van der Waals surface area contributed by atoms with Gasteiger partial charge in [0.1, 0.15) is 0 Å². The van der Waals surface area contributed by atoms with Crippen LogP contribution in [-0.4, -0.2) is 41.8 Å². The van der Waals surface area contributed by atoms with Crippen molar-refractivity contribution in [3.05, 3.63) is 0 Å². The van der Waals surface area contributed by atoms with E-state index >= 15 is 0 Å². The average Bonchev–Trinajstić information content (AvgIpc) is 2.96. The molecule has 2 aliphatic heterocycles. The summed E-state index contributed by atoms with van der Waals surface area (Å²) in [5, 5.41) is 3.69. The zero-order valence-corrected chi connectivity index (χ0v) is 12.3. The quantitative estimate of drug-likeness (QED) is 0.859. The van der Waals surface area contributed by atoms with Crippen LogP contribution in [0.25, 0.3) is 0 Å². The van der Waals surface area contributed by atoms with Crippen LogP contribution in [0.15, 0.2) is 0 Å². The smallest absolute Gasteiger partial charge is 0.244 e. The van der Waals surface area contributed by atoms with E-state index in [2.05, 4.69) is 10.2 Å². The molecule has 112 valence electrons. The van der Waals surface area contributed by atoms with Crippen LogP contribution in [0.3, 0.4) is 0 Å². The third-order valence-electron chi connectivity index (χ3n) is 5.70. The summed E-state index contributed by atoms with van der Waals surface area (Å²) >= 11 is 0. The predicted octanol–water partition coefficient (Wildman–Crippen LogP) is 2.04. The highest BCUT2D eigenvalue weighted by Gasteiger charge is 2.60. The van der Waals surface area contributed by atoms with Gasteiger partial charge in [-0.3, -0.25) is 10.1 Å². The molecule has 4 heteroatoms. The lowest BCUT2D eigenvalue weighted by molar-refractivity contribution is -0.134. The molecule has 0 bridgehead atoms. The lowest BCUT2D eigenvalue weighted by atomic mass is 10.0. The first-order chi connectivity index (χ1) is 9.78. The van der Waals surface area contributed by atoms with Gasteiger partial charge >= 0.3 is 0 Å². The van der Waals surface area contributed by atoms with Crippen molar-refractivity contribution in [2.45, 2.75) is 75.6 Å². The van der Waals surface area contributed by atoms with Gasteiger partial charge in [-0.1, -0.05) is 12.8 Å². The van der Waals surface area contributed by atoms with Crippen LogP contribution in [0.4, 0.5) is 0 Å². The fourth-order valence-electron chi connectivity index (χ4n) is 4.32. The van der Waals surface area contributed by atoms with Crippen LogP contribution >= 0.6 is 0 Å². The summed E-state index contributed by atoms with van der Waals surface area (Å²) in [4.78, 5) is 14.9. The second kappa shape index (κ2) is 4.99. The Kier molecular flexibility index (Phi) is 3.26. The number of carbonyl (C=O) groups is 1. The van der Waals surface area contributed by atoms with Crippen molar-refractivity contribution in [1.82, 2.24) is 10.2 Å². The second-order valence-electron chi connectivity index (χ2n) is 7.16. The fourth-order valence-corrected chi connectivity index (χ4v) is 4.32. The monoisotopic (exact) mass is 278 g/mol. The van der Waals surface area contributed by atoms with Gasteiger partial charge in [0, 0.05) is 13.2 Å². The number of nitrogens with one attached hydrogen (secondary N) is 1. The molecule has 0 radical (unpaired) electrons. The third kappa shape index (κ3) is 2.17. The normalized spacial score (nSPS) is 37.0. The molecule has 2 aliphatic carbocycles. The Hall–Kier alpha value is -0.610. The van der Waals surface area contributed by atoms with Gasteiger partial charge in [0.25, 0.3) is 0 Å². The van der Waals surface area contributed by atoms with Gasteiger partial charge in [-0.2, -0.15) is 0 Å². The molecule has 0 aromatic rings. The lowest BCUT2D eigenvalue weighted by Gasteiger charge is -2.33. The van der Waals surface area contributed by atoms with Crippen molar-refractivity contribution in [2.24, 2.45) is 5.92 Å². The van der Waals surface area contributed by atoms with Crippen molar-refractivity contribution >= 4 is 5.91 Å². The van der Waals surface area contributed by atoms with E-state index in [-0.39, 0.29) is 17.8 Å². The highest BCUT2D eigenvalue weighted by atomic mass is 16.5. The molecular weight excluding hydrogens is 252 g/mol. The zero-order chi connectivity index (χ0) is 13.6. The minimum atomic E-state index is -0.165. The molecule has 2 saturated carbocycles. The molecule has 20 heavy (non-hydrogen) atoms. The Morgan fingerprint density at radius 3 is 2.55 bits per heavy atom.